The Balaban J connectivity index is 0.000000428. The predicted octanol–water partition coefficient (Wildman–Crippen LogP) is 24.1. The van der Waals surface area contributed by atoms with Crippen molar-refractivity contribution in [1.82, 2.24) is 0 Å². The quantitative estimate of drug-likeness (QED) is 0.0177. The maximum atomic E-state index is 14.0. The van der Waals surface area contributed by atoms with Crippen LogP contribution in [0.3, 0.4) is 0 Å². The number of esters is 4. The molecular weight excluding hydrogens is 1940 g/mol. The van der Waals surface area contributed by atoms with Gasteiger partial charge in [-0.25, -0.2) is 28.8 Å². The van der Waals surface area contributed by atoms with E-state index in [0.717, 1.165) is 123 Å². The molecule has 138 heavy (non-hydrogen) atoms. The summed E-state index contributed by atoms with van der Waals surface area (Å²) in [6.45, 7) is 11.3. The molecule has 44 heteroatoms. The fourth-order valence-corrected chi connectivity index (χ4v) is 11.5. The standard InChI is InChI=1S/C20H18F4O4.C17H11ClF4O2.C17H12F4O3.C15H16F4O4.C12H9ClF4O2.C12H10F4O3.CH4/c1-3-27-17(25)19(21,22)15-9-5-13(6-10-15)14-7-11-16(12-8-14)20(23,24)18(26)28-4-2;1-10(23)16(19,20)13-6-2-11(3-7-13)12-4-8-14(9-5-12)17(21,22)15(18)24;1-10(22)16(18,19)13-6-2-11(3-7-13)12-4-8-14(9-5-12)17(20,21)15(23)24;1-4-22-12(20)14(16,17)10-6-9(3)7-11(8-10)15(18,19)13(21)23-5-2;1-6-3-8(11(14,15)7(2)18)5-9(4-6)12(16,17)10(13)19;1-6-3-8(11(13,14)7(2)17)5-9(4-6)12(15,16)10(18)19;/h5-12H,3-4H2,1-2H3;2-9H,1H3;2-9H,1H3,(H,23,24);6-8H,4-5H2,1-3H3;3-5H,1-2H3;3-5H,1-2H3,(H,18,19);1H4. The van der Waals surface area contributed by atoms with Gasteiger partial charge in [0.2, 0.25) is 23.1 Å². The lowest BCUT2D eigenvalue weighted by Crippen LogP contribution is -2.31. The van der Waals surface area contributed by atoms with Crippen LogP contribution in [0.2, 0.25) is 0 Å². The normalized spacial score (nSPS) is 12.0. The Morgan fingerprint density at radius 3 is 0.529 bits per heavy atom. The summed E-state index contributed by atoms with van der Waals surface area (Å²) >= 11 is 9.60. The number of aliphatic carboxylic acids is 2. The van der Waals surface area contributed by atoms with Gasteiger partial charge in [0.25, 0.3) is 10.5 Å². The van der Waals surface area contributed by atoms with Gasteiger partial charge in [-0.3, -0.25) is 28.8 Å². The third kappa shape index (κ3) is 28.9. The van der Waals surface area contributed by atoms with Gasteiger partial charge in [-0.1, -0.05) is 170 Å². The Morgan fingerprint density at radius 2 is 0.355 bits per heavy atom. The average molecular weight is 2020 g/mol. The summed E-state index contributed by atoms with van der Waals surface area (Å²) in [5, 5.41) is 13.1. The number of hydrogen-bond donors (Lipinski definition) is 2. The molecule has 0 aromatic heterocycles. The van der Waals surface area contributed by atoms with E-state index in [-0.39, 0.29) is 50.5 Å². The number of rotatable bonds is 31. The Labute approximate surface area is 779 Å². The van der Waals surface area contributed by atoms with Crippen molar-refractivity contribution in [3.05, 3.63) is 284 Å². The summed E-state index contributed by atoms with van der Waals surface area (Å²) in [5.41, 5.74) is -6.19. The average Bonchev–Trinajstić information content (AvgIpc) is 0.783. The molecule has 0 aliphatic carbocycles. The van der Waals surface area contributed by atoms with E-state index in [1.807, 2.05) is 0 Å². The van der Waals surface area contributed by atoms with Crippen LogP contribution in [-0.4, -0.2) is 106 Å². The van der Waals surface area contributed by atoms with Crippen molar-refractivity contribution in [1.29, 1.82) is 0 Å². The van der Waals surface area contributed by atoms with Crippen molar-refractivity contribution in [2.75, 3.05) is 26.4 Å². The highest BCUT2D eigenvalue weighted by Crippen LogP contribution is 2.44. The number of Topliss-reactive ketones (excluding diaryl/α,β-unsaturated/α-hetero) is 4. The van der Waals surface area contributed by atoms with Gasteiger partial charge in [0.1, 0.15) is 0 Å². The fraction of sp³-hybridized carbons (Fsp3) is 0.298. The van der Waals surface area contributed by atoms with Crippen molar-refractivity contribution >= 4 is 92.6 Å². The third-order valence-corrected chi connectivity index (χ3v) is 19.3. The SMILES string of the molecule is C.CC(=O)C(F)(F)c1cc(C)cc(C(F)(F)C(=O)Cl)c1.CC(=O)C(F)(F)c1cc(C)cc(C(F)(F)C(=O)O)c1.CC(=O)C(F)(F)c1ccc(-c2ccc(C(F)(F)C(=O)Cl)cc2)cc1.CC(=O)C(F)(F)c1ccc(-c2ccc(C(F)(F)C(=O)O)cc2)cc1.CCOC(=O)C(F)(F)c1cc(C)cc(C(F)(F)C(=O)OCC)c1.CCOC(=O)C(F)(F)c1ccc(-c2ccc(C(F)(F)C(=O)OCC)cc2)cc1. The highest BCUT2D eigenvalue weighted by Gasteiger charge is 2.51. The number of aryl methyl sites for hydroxylation is 3. The summed E-state index contributed by atoms with van der Waals surface area (Å²) in [4.78, 5) is 131. The van der Waals surface area contributed by atoms with Crippen LogP contribution < -0.4 is 0 Å². The molecule has 9 aromatic rings. The lowest BCUT2D eigenvalue weighted by Gasteiger charge is -2.20. The molecule has 9 aromatic carbocycles. The number of alkyl halides is 24. The predicted molar refractivity (Wildman–Crippen MR) is 449 cm³/mol. The van der Waals surface area contributed by atoms with E-state index in [9.17, 15) is 163 Å². The van der Waals surface area contributed by atoms with E-state index < -0.39 is 207 Å². The number of carbonyl (C=O) groups excluding carboxylic acids is 10. The monoisotopic (exact) mass is 2020 g/mol. The van der Waals surface area contributed by atoms with Crippen LogP contribution in [0, 0.1) is 20.8 Å². The maximum Gasteiger partial charge on any atom is 0.381 e. The number of hydrogen-bond acceptors (Lipinski definition) is 16. The molecule has 0 aliphatic heterocycles. The first-order chi connectivity index (χ1) is 62.8. The molecule has 0 heterocycles. The van der Waals surface area contributed by atoms with Crippen LogP contribution in [-0.2, 0) is 148 Å². The zero-order valence-corrected chi connectivity index (χ0v) is 74.1. The van der Waals surface area contributed by atoms with Crippen molar-refractivity contribution in [2.45, 2.75) is 155 Å². The number of ether oxygens (including phenoxy) is 4. The van der Waals surface area contributed by atoms with E-state index in [1.54, 1.807) is 0 Å². The first kappa shape index (κ1) is 119. The van der Waals surface area contributed by atoms with Crippen molar-refractivity contribution in [3.8, 4) is 33.4 Å². The van der Waals surface area contributed by atoms with Gasteiger partial charge in [-0.05, 0) is 160 Å². The Kier molecular flexibility index (Phi) is 40.6. The highest BCUT2D eigenvalue weighted by atomic mass is 35.5. The second kappa shape index (κ2) is 47.2. The Bertz CT molecular complexity index is 5300. The minimum absolute atomic E-state index is 0. The van der Waals surface area contributed by atoms with Gasteiger partial charge >= 0.3 is 107 Å². The number of benzene rings is 9. The molecule has 18 nitrogen and oxygen atoms in total. The molecule has 0 spiro atoms. The second-order valence-electron chi connectivity index (χ2n) is 28.9. The van der Waals surface area contributed by atoms with E-state index in [2.05, 4.69) is 18.9 Å². The third-order valence-electron chi connectivity index (χ3n) is 18.8. The van der Waals surface area contributed by atoms with Crippen LogP contribution in [0.25, 0.3) is 33.4 Å². The molecule has 9 rings (SSSR count). The summed E-state index contributed by atoms with van der Waals surface area (Å²) in [6.07, 6.45) is 0. The van der Waals surface area contributed by atoms with Crippen molar-refractivity contribution < 1.29 is 192 Å². The molecule has 746 valence electrons. The Morgan fingerprint density at radius 1 is 0.225 bits per heavy atom. The second-order valence-corrected chi connectivity index (χ2v) is 29.6. The number of carboxylic acids is 2. The van der Waals surface area contributed by atoms with Gasteiger partial charge in [-0.15, -0.1) is 0 Å². The van der Waals surface area contributed by atoms with E-state index in [1.165, 1.54) is 121 Å². The van der Waals surface area contributed by atoms with E-state index in [0.29, 0.717) is 65.4 Å². The van der Waals surface area contributed by atoms with Crippen LogP contribution in [0.4, 0.5) is 105 Å². The summed E-state index contributed by atoms with van der Waals surface area (Å²) < 4.78 is 345. The van der Waals surface area contributed by atoms with Gasteiger partial charge in [0.05, 0.1) is 26.4 Å². The van der Waals surface area contributed by atoms with Crippen LogP contribution in [0.15, 0.2) is 200 Å². The van der Waals surface area contributed by atoms with E-state index in [4.69, 9.17) is 33.4 Å². The number of carboxylic acid groups (broad SMARTS) is 2. The van der Waals surface area contributed by atoms with Crippen LogP contribution >= 0.6 is 23.2 Å². The maximum absolute atomic E-state index is 14.0. The molecule has 0 saturated heterocycles. The van der Waals surface area contributed by atoms with Gasteiger partial charge in [-0.2, -0.15) is 105 Å². The minimum atomic E-state index is -4.30. The fourth-order valence-electron chi connectivity index (χ4n) is 11.3. The summed E-state index contributed by atoms with van der Waals surface area (Å²) in [6, 6.07) is 34.8. The number of carbonyl (C=O) groups is 12. The molecule has 0 bridgehead atoms. The molecule has 0 unspecified atom stereocenters. The van der Waals surface area contributed by atoms with Gasteiger partial charge in [0.15, 0.2) is 0 Å². The van der Waals surface area contributed by atoms with Gasteiger partial charge in [0, 0.05) is 94.5 Å². The van der Waals surface area contributed by atoms with Crippen LogP contribution in [0.1, 0.15) is 146 Å². The molecule has 0 amide bonds. The topological polar surface area (TPSA) is 282 Å². The zero-order chi connectivity index (χ0) is 105. The molecule has 0 radical (unpaired) electrons. The number of halogens is 26. The largest absolute Gasteiger partial charge is 0.477 e. The summed E-state index contributed by atoms with van der Waals surface area (Å²) in [5.74, 6) is -64.2. The molecule has 0 atom stereocenters. The van der Waals surface area contributed by atoms with Gasteiger partial charge < -0.3 is 29.2 Å². The number of ketones is 4. The van der Waals surface area contributed by atoms with E-state index >= 15 is 0 Å². The lowest BCUT2D eigenvalue weighted by molar-refractivity contribution is -0.174. The minimum Gasteiger partial charge on any atom is -0.477 e. The first-order valence-electron chi connectivity index (χ1n) is 39.0. The Hall–Kier alpha value is -13.3. The van der Waals surface area contributed by atoms with Crippen molar-refractivity contribution in [3.63, 3.8) is 0 Å². The molecule has 0 fully saturated rings. The molecule has 2 N–H and O–H groups in total. The highest BCUT2D eigenvalue weighted by molar-refractivity contribution is 6.65. The molecule has 0 aliphatic rings. The van der Waals surface area contributed by atoms with Crippen molar-refractivity contribution in [2.24, 2.45) is 0 Å². The summed E-state index contributed by atoms with van der Waals surface area (Å²) in [7, 11) is 0. The molecular formula is C94H80Cl2F24O18. The first-order valence-corrected chi connectivity index (χ1v) is 39.7. The zero-order valence-electron chi connectivity index (χ0n) is 72.6. The molecule has 0 saturated carbocycles. The smallest absolute Gasteiger partial charge is 0.381 e. The van der Waals surface area contributed by atoms with Crippen LogP contribution in [0.5, 0.6) is 0 Å². The lowest BCUT2D eigenvalue weighted by atomic mass is 9.97.